The lowest BCUT2D eigenvalue weighted by atomic mass is 9.81. The molecule has 1 unspecified atom stereocenters. The first-order chi connectivity index (χ1) is 15.7. The Balaban J connectivity index is 2.02. The fourth-order valence-electron chi connectivity index (χ4n) is 4.90. The number of ether oxygens (including phenoxy) is 2. The second kappa shape index (κ2) is 14.1. The lowest BCUT2D eigenvalue weighted by molar-refractivity contribution is -0.196. The van der Waals surface area contributed by atoms with Gasteiger partial charge in [-0.2, -0.15) is 0 Å². The highest BCUT2D eigenvalue weighted by Gasteiger charge is 2.40. The van der Waals surface area contributed by atoms with E-state index in [1.165, 1.54) is 0 Å². The fraction of sp³-hybridized carbons (Fsp3) is 0.815. The number of carbonyl (C=O) groups is 1. The second-order valence-corrected chi connectivity index (χ2v) is 10.3. The van der Waals surface area contributed by atoms with Gasteiger partial charge < -0.3 is 24.8 Å². The molecule has 3 N–H and O–H groups in total. The first-order valence-electron chi connectivity index (χ1n) is 12.7. The van der Waals surface area contributed by atoms with Gasteiger partial charge in [-0.15, -0.1) is 11.8 Å². The summed E-state index contributed by atoms with van der Waals surface area (Å²) in [6.07, 6.45) is 11.2. The Bertz CT molecular complexity index is 670. The molecule has 188 valence electrons. The summed E-state index contributed by atoms with van der Waals surface area (Å²) in [6, 6.07) is 0. The quantitative estimate of drug-likeness (QED) is 0.208. The summed E-state index contributed by atoms with van der Waals surface area (Å²) in [5.41, 5.74) is -0.220. The molecule has 0 aromatic heterocycles. The number of hydrogen-bond acceptors (Lipinski definition) is 5. The van der Waals surface area contributed by atoms with Crippen LogP contribution in [0.25, 0.3) is 0 Å². The zero-order valence-electron chi connectivity index (χ0n) is 20.7. The third kappa shape index (κ3) is 9.41. The van der Waals surface area contributed by atoms with Crippen molar-refractivity contribution in [2.24, 2.45) is 17.3 Å². The SMILES string of the molecule is CC#CCC(C)(C)[C@@H](C=C[C@@H]1[C@@H](CCCCCCC(=O)O)[C@@H](O)C[C@H]1O)OC1CCCCO1. The highest BCUT2D eigenvalue weighted by Crippen LogP contribution is 2.38. The Morgan fingerprint density at radius 2 is 1.94 bits per heavy atom. The number of carboxylic acids is 1. The fourth-order valence-corrected chi connectivity index (χ4v) is 4.90. The standard InChI is InChI=1S/C27H44O6/c1-4-5-17-27(2,3)24(33-26-14-10-11-18-32-26)16-15-21-20(22(28)19-23(21)29)12-8-6-7-9-13-25(30)31/h15-16,20-24,26,28-29H,6-14,17-19H2,1-3H3,(H,30,31)/t20-,21-,22+,23-,24-,26?/m1/s1. The third-order valence-corrected chi connectivity index (χ3v) is 7.03. The van der Waals surface area contributed by atoms with Gasteiger partial charge in [-0.25, -0.2) is 0 Å². The summed E-state index contributed by atoms with van der Waals surface area (Å²) in [5.74, 6) is 5.29. The summed E-state index contributed by atoms with van der Waals surface area (Å²) < 4.78 is 12.2. The summed E-state index contributed by atoms with van der Waals surface area (Å²) in [4.78, 5) is 10.7. The molecule has 0 radical (unpaired) electrons. The van der Waals surface area contributed by atoms with Crippen molar-refractivity contribution in [1.29, 1.82) is 0 Å². The Hall–Kier alpha value is -1.39. The van der Waals surface area contributed by atoms with E-state index in [0.29, 0.717) is 19.3 Å². The Labute approximate surface area is 199 Å². The van der Waals surface area contributed by atoms with Gasteiger partial charge in [0.25, 0.3) is 0 Å². The molecule has 0 bridgehead atoms. The van der Waals surface area contributed by atoms with Crippen LogP contribution < -0.4 is 0 Å². The molecule has 1 aliphatic carbocycles. The minimum Gasteiger partial charge on any atom is -0.481 e. The van der Waals surface area contributed by atoms with Crippen LogP contribution in [0.3, 0.4) is 0 Å². The molecule has 1 heterocycles. The molecule has 0 spiro atoms. The summed E-state index contributed by atoms with van der Waals surface area (Å²) in [7, 11) is 0. The molecular weight excluding hydrogens is 420 g/mol. The molecule has 1 aliphatic heterocycles. The average Bonchev–Trinajstić information content (AvgIpc) is 3.04. The topological polar surface area (TPSA) is 96.2 Å². The minimum atomic E-state index is -0.752. The van der Waals surface area contributed by atoms with E-state index in [2.05, 4.69) is 31.8 Å². The van der Waals surface area contributed by atoms with Crippen LogP contribution in [0.15, 0.2) is 12.2 Å². The molecule has 0 aromatic rings. The van der Waals surface area contributed by atoms with Gasteiger partial charge in [0.2, 0.25) is 0 Å². The van der Waals surface area contributed by atoms with E-state index in [9.17, 15) is 15.0 Å². The van der Waals surface area contributed by atoms with Gasteiger partial charge in [0.05, 0.1) is 18.3 Å². The van der Waals surface area contributed by atoms with E-state index in [1.54, 1.807) is 0 Å². The van der Waals surface area contributed by atoms with Crippen LogP contribution in [0.2, 0.25) is 0 Å². The lowest BCUT2D eigenvalue weighted by Gasteiger charge is -2.35. The highest BCUT2D eigenvalue weighted by atomic mass is 16.7. The number of aliphatic hydroxyl groups excluding tert-OH is 2. The average molecular weight is 465 g/mol. The van der Waals surface area contributed by atoms with Gasteiger partial charge in [0, 0.05) is 37.2 Å². The van der Waals surface area contributed by atoms with Crippen molar-refractivity contribution in [2.45, 2.75) is 116 Å². The molecule has 2 rings (SSSR count). The predicted molar refractivity (Wildman–Crippen MR) is 128 cm³/mol. The largest absolute Gasteiger partial charge is 0.481 e. The minimum absolute atomic E-state index is 0.000787. The van der Waals surface area contributed by atoms with Gasteiger partial charge in [0.1, 0.15) is 0 Å². The van der Waals surface area contributed by atoms with Crippen molar-refractivity contribution < 1.29 is 29.6 Å². The predicted octanol–water partition coefficient (Wildman–Crippen LogP) is 4.68. The van der Waals surface area contributed by atoms with Crippen LogP contribution in [0, 0.1) is 29.1 Å². The molecule has 1 saturated heterocycles. The maximum Gasteiger partial charge on any atom is 0.303 e. The molecular formula is C27H44O6. The maximum atomic E-state index is 10.7. The molecule has 2 aliphatic rings. The van der Waals surface area contributed by atoms with E-state index in [4.69, 9.17) is 14.6 Å². The number of unbranched alkanes of at least 4 members (excludes halogenated alkanes) is 3. The van der Waals surface area contributed by atoms with Gasteiger partial charge in [0.15, 0.2) is 6.29 Å². The number of rotatable bonds is 13. The van der Waals surface area contributed by atoms with Crippen molar-refractivity contribution in [1.82, 2.24) is 0 Å². The van der Waals surface area contributed by atoms with Crippen molar-refractivity contribution >= 4 is 5.97 Å². The zero-order valence-corrected chi connectivity index (χ0v) is 20.7. The van der Waals surface area contributed by atoms with E-state index in [1.807, 2.05) is 13.0 Å². The van der Waals surface area contributed by atoms with E-state index < -0.39 is 18.2 Å². The molecule has 6 nitrogen and oxygen atoms in total. The third-order valence-electron chi connectivity index (χ3n) is 7.03. The van der Waals surface area contributed by atoms with Crippen molar-refractivity contribution in [3.8, 4) is 11.8 Å². The van der Waals surface area contributed by atoms with Crippen LogP contribution >= 0.6 is 0 Å². The monoisotopic (exact) mass is 464 g/mol. The van der Waals surface area contributed by atoms with Crippen LogP contribution in [0.1, 0.15) is 91.4 Å². The number of hydrogen-bond donors (Lipinski definition) is 3. The second-order valence-electron chi connectivity index (χ2n) is 10.3. The Morgan fingerprint density at radius 3 is 2.61 bits per heavy atom. The number of aliphatic carboxylic acids is 1. The molecule has 2 fully saturated rings. The molecule has 1 saturated carbocycles. The van der Waals surface area contributed by atoms with Gasteiger partial charge in [-0.1, -0.05) is 45.3 Å². The van der Waals surface area contributed by atoms with Gasteiger partial charge >= 0.3 is 5.97 Å². The summed E-state index contributed by atoms with van der Waals surface area (Å²) in [5, 5.41) is 30.0. The van der Waals surface area contributed by atoms with E-state index in [-0.39, 0.29) is 36.1 Å². The van der Waals surface area contributed by atoms with Crippen LogP contribution in [-0.2, 0) is 14.3 Å². The molecule has 33 heavy (non-hydrogen) atoms. The highest BCUT2D eigenvalue weighted by molar-refractivity contribution is 5.66. The number of aliphatic hydroxyl groups is 2. The van der Waals surface area contributed by atoms with E-state index in [0.717, 1.165) is 51.6 Å². The van der Waals surface area contributed by atoms with E-state index >= 15 is 0 Å². The van der Waals surface area contributed by atoms with Gasteiger partial charge in [-0.05, 0) is 44.9 Å². The van der Waals surface area contributed by atoms with Crippen LogP contribution in [-0.4, -0.2) is 52.5 Å². The molecule has 0 aromatic carbocycles. The van der Waals surface area contributed by atoms with Crippen LogP contribution in [0.4, 0.5) is 0 Å². The number of carboxylic acid groups (broad SMARTS) is 1. The molecule has 6 heteroatoms. The normalized spacial score (nSPS) is 29.1. The lowest BCUT2D eigenvalue weighted by Crippen LogP contribution is -2.36. The summed E-state index contributed by atoms with van der Waals surface area (Å²) in [6.45, 7) is 6.85. The van der Waals surface area contributed by atoms with Crippen molar-refractivity contribution in [3.63, 3.8) is 0 Å². The smallest absolute Gasteiger partial charge is 0.303 e. The Morgan fingerprint density at radius 1 is 1.18 bits per heavy atom. The van der Waals surface area contributed by atoms with Crippen LogP contribution in [0.5, 0.6) is 0 Å². The van der Waals surface area contributed by atoms with Gasteiger partial charge in [-0.3, -0.25) is 4.79 Å². The first kappa shape index (κ1) is 27.9. The first-order valence-corrected chi connectivity index (χ1v) is 12.7. The Kier molecular flexibility index (Phi) is 11.9. The molecule has 0 amide bonds. The van der Waals surface area contributed by atoms with Crippen molar-refractivity contribution in [2.75, 3.05) is 6.61 Å². The van der Waals surface area contributed by atoms with Crippen molar-refractivity contribution in [3.05, 3.63) is 12.2 Å². The zero-order chi connectivity index (χ0) is 24.3. The summed E-state index contributed by atoms with van der Waals surface area (Å²) >= 11 is 0. The molecule has 6 atom stereocenters. The maximum absolute atomic E-state index is 10.7.